The fourth-order valence-corrected chi connectivity index (χ4v) is 2.43. The predicted octanol–water partition coefficient (Wildman–Crippen LogP) is 4.34. The largest absolute Gasteiger partial charge is 0.491 e. The lowest BCUT2D eigenvalue weighted by atomic mass is 10.2. The summed E-state index contributed by atoms with van der Waals surface area (Å²) in [6.45, 7) is 5.84. The first-order valence-electron chi connectivity index (χ1n) is 9.20. The third-order valence-corrected chi connectivity index (χ3v) is 4.21. The molecule has 2 aromatic rings. The minimum absolute atomic E-state index is 0.0518. The van der Waals surface area contributed by atoms with E-state index in [4.69, 9.17) is 17.0 Å². The predicted molar refractivity (Wildman–Crippen MR) is 116 cm³/mol. The number of rotatable bonds is 7. The second kappa shape index (κ2) is 10.4. The number of hydrogen-bond acceptors (Lipinski definition) is 4. The van der Waals surface area contributed by atoms with Gasteiger partial charge in [-0.15, -0.1) is 0 Å². The summed E-state index contributed by atoms with van der Waals surface area (Å²) >= 11 is 5.19. The van der Waals surface area contributed by atoms with Crippen molar-refractivity contribution < 1.29 is 14.3 Å². The maximum absolute atomic E-state index is 12.3. The summed E-state index contributed by atoms with van der Waals surface area (Å²) in [5.74, 6) is 0.366. The van der Waals surface area contributed by atoms with Crippen molar-refractivity contribution in [1.29, 1.82) is 0 Å². The Hall–Kier alpha value is -2.93. The van der Waals surface area contributed by atoms with Crippen LogP contribution in [0.3, 0.4) is 0 Å². The lowest BCUT2D eigenvalue weighted by molar-refractivity contribution is -0.115. The van der Waals surface area contributed by atoms with E-state index in [2.05, 4.69) is 22.9 Å². The number of nitrogens with one attached hydrogen (secondary N) is 3. The Bertz CT molecular complexity index is 820. The van der Waals surface area contributed by atoms with Crippen LogP contribution in [0.1, 0.15) is 44.0 Å². The SMILES string of the molecule is CCC(=O)Nc1ccc(NC(=S)NC(=O)c2ccc(O[C@H](C)CC)cc2)cc1. The van der Waals surface area contributed by atoms with Crippen molar-refractivity contribution in [3.63, 3.8) is 0 Å². The fourth-order valence-electron chi connectivity index (χ4n) is 2.22. The molecule has 148 valence electrons. The van der Waals surface area contributed by atoms with E-state index in [0.717, 1.165) is 12.2 Å². The molecule has 6 nitrogen and oxygen atoms in total. The van der Waals surface area contributed by atoms with Crippen LogP contribution in [0.25, 0.3) is 0 Å². The van der Waals surface area contributed by atoms with Crippen LogP contribution < -0.4 is 20.7 Å². The van der Waals surface area contributed by atoms with E-state index in [1.165, 1.54) is 0 Å². The van der Waals surface area contributed by atoms with E-state index >= 15 is 0 Å². The lowest BCUT2D eigenvalue weighted by Gasteiger charge is -2.13. The highest BCUT2D eigenvalue weighted by atomic mass is 32.1. The van der Waals surface area contributed by atoms with Crippen LogP contribution in [0.5, 0.6) is 5.75 Å². The Morgan fingerprint density at radius 2 is 1.54 bits per heavy atom. The van der Waals surface area contributed by atoms with E-state index < -0.39 is 0 Å². The van der Waals surface area contributed by atoms with Crippen LogP contribution in [-0.4, -0.2) is 23.0 Å². The molecule has 0 saturated carbocycles. The van der Waals surface area contributed by atoms with Crippen LogP contribution in [-0.2, 0) is 4.79 Å². The minimum Gasteiger partial charge on any atom is -0.491 e. The van der Waals surface area contributed by atoms with Crippen LogP contribution in [0.15, 0.2) is 48.5 Å². The summed E-state index contributed by atoms with van der Waals surface area (Å²) < 4.78 is 5.70. The van der Waals surface area contributed by atoms with E-state index in [9.17, 15) is 9.59 Å². The number of ether oxygens (including phenoxy) is 1. The van der Waals surface area contributed by atoms with Gasteiger partial charge < -0.3 is 15.4 Å². The maximum atomic E-state index is 12.3. The summed E-state index contributed by atoms with van der Waals surface area (Å²) in [5.41, 5.74) is 1.89. The van der Waals surface area contributed by atoms with E-state index in [1.807, 2.05) is 6.92 Å². The zero-order chi connectivity index (χ0) is 20.5. The third kappa shape index (κ3) is 6.66. The van der Waals surface area contributed by atoms with Gasteiger partial charge in [0.25, 0.3) is 5.91 Å². The minimum atomic E-state index is -0.306. The van der Waals surface area contributed by atoms with Gasteiger partial charge in [-0.05, 0) is 74.1 Å². The van der Waals surface area contributed by atoms with Gasteiger partial charge in [0.2, 0.25) is 5.91 Å². The number of carbonyl (C=O) groups excluding carboxylic acids is 2. The standard InChI is InChI=1S/C21H25N3O3S/c1-4-14(3)27-18-12-6-15(7-13-18)20(26)24-21(28)23-17-10-8-16(9-11-17)22-19(25)5-2/h6-14H,4-5H2,1-3H3,(H,22,25)(H2,23,24,26,28)/t14-/m1/s1. The molecule has 0 aromatic heterocycles. The first-order chi connectivity index (χ1) is 13.4. The van der Waals surface area contributed by atoms with Gasteiger partial charge >= 0.3 is 0 Å². The Balaban J connectivity index is 1.88. The molecular weight excluding hydrogens is 374 g/mol. The first kappa shape index (κ1) is 21.4. The summed E-state index contributed by atoms with van der Waals surface area (Å²) in [5, 5.41) is 8.54. The topological polar surface area (TPSA) is 79.5 Å². The van der Waals surface area contributed by atoms with Gasteiger partial charge in [0.1, 0.15) is 5.75 Å². The molecule has 2 amide bonds. The molecule has 0 spiro atoms. The van der Waals surface area contributed by atoms with Crippen molar-refractivity contribution in [2.45, 2.75) is 39.7 Å². The average molecular weight is 400 g/mol. The van der Waals surface area contributed by atoms with Gasteiger partial charge in [-0.3, -0.25) is 14.9 Å². The van der Waals surface area contributed by atoms with Crippen molar-refractivity contribution in [2.75, 3.05) is 10.6 Å². The third-order valence-electron chi connectivity index (χ3n) is 4.00. The molecule has 1 atom stereocenters. The van der Waals surface area contributed by atoms with Gasteiger partial charge in [0, 0.05) is 23.4 Å². The highest BCUT2D eigenvalue weighted by molar-refractivity contribution is 7.80. The second-order valence-electron chi connectivity index (χ2n) is 6.25. The Kier molecular flexibility index (Phi) is 7.95. The van der Waals surface area contributed by atoms with Crippen LogP contribution >= 0.6 is 12.2 Å². The molecule has 0 saturated heterocycles. The average Bonchev–Trinajstić information content (AvgIpc) is 2.69. The molecule has 7 heteroatoms. The Morgan fingerprint density at radius 1 is 0.964 bits per heavy atom. The van der Waals surface area contributed by atoms with Crippen LogP contribution in [0.2, 0.25) is 0 Å². The van der Waals surface area contributed by atoms with Crippen molar-refractivity contribution in [3.8, 4) is 5.75 Å². The number of anilines is 2. The van der Waals surface area contributed by atoms with Gasteiger partial charge in [0.05, 0.1) is 6.10 Å². The van der Waals surface area contributed by atoms with E-state index in [1.54, 1.807) is 55.5 Å². The van der Waals surface area contributed by atoms with Gasteiger partial charge in [-0.25, -0.2) is 0 Å². The fraction of sp³-hybridized carbons (Fsp3) is 0.286. The molecule has 28 heavy (non-hydrogen) atoms. The number of benzene rings is 2. The highest BCUT2D eigenvalue weighted by Crippen LogP contribution is 2.16. The maximum Gasteiger partial charge on any atom is 0.257 e. The van der Waals surface area contributed by atoms with Gasteiger partial charge in [0.15, 0.2) is 5.11 Å². The lowest BCUT2D eigenvalue weighted by Crippen LogP contribution is -2.34. The van der Waals surface area contributed by atoms with Crippen molar-refractivity contribution >= 4 is 40.5 Å². The molecule has 3 N–H and O–H groups in total. The van der Waals surface area contributed by atoms with Gasteiger partial charge in [-0.2, -0.15) is 0 Å². The normalized spacial score (nSPS) is 11.2. The highest BCUT2D eigenvalue weighted by Gasteiger charge is 2.09. The molecule has 0 aliphatic carbocycles. The van der Waals surface area contributed by atoms with Crippen molar-refractivity contribution in [3.05, 3.63) is 54.1 Å². The smallest absolute Gasteiger partial charge is 0.257 e. The molecule has 0 heterocycles. The molecule has 2 rings (SSSR count). The van der Waals surface area contributed by atoms with Crippen molar-refractivity contribution in [1.82, 2.24) is 5.32 Å². The molecular formula is C21H25N3O3S. The van der Waals surface area contributed by atoms with E-state index in [0.29, 0.717) is 23.4 Å². The van der Waals surface area contributed by atoms with Crippen LogP contribution in [0, 0.1) is 0 Å². The van der Waals surface area contributed by atoms with E-state index in [-0.39, 0.29) is 23.0 Å². The number of carbonyl (C=O) groups is 2. The molecule has 0 fully saturated rings. The summed E-state index contributed by atoms with van der Waals surface area (Å²) in [7, 11) is 0. The summed E-state index contributed by atoms with van der Waals surface area (Å²) in [6, 6.07) is 14.0. The monoisotopic (exact) mass is 399 g/mol. The molecule has 2 aromatic carbocycles. The Morgan fingerprint density at radius 3 is 2.07 bits per heavy atom. The second-order valence-corrected chi connectivity index (χ2v) is 6.66. The molecule has 0 aliphatic heterocycles. The van der Waals surface area contributed by atoms with Crippen LogP contribution in [0.4, 0.5) is 11.4 Å². The summed E-state index contributed by atoms with van der Waals surface area (Å²) in [4.78, 5) is 23.7. The Labute approximate surface area is 170 Å². The molecule has 0 aliphatic rings. The van der Waals surface area contributed by atoms with Crippen molar-refractivity contribution in [2.24, 2.45) is 0 Å². The first-order valence-corrected chi connectivity index (χ1v) is 9.61. The number of hydrogen-bond donors (Lipinski definition) is 3. The number of thiocarbonyl (C=S) groups is 1. The zero-order valence-corrected chi connectivity index (χ0v) is 17.1. The van der Waals surface area contributed by atoms with Gasteiger partial charge in [-0.1, -0.05) is 13.8 Å². The quantitative estimate of drug-likeness (QED) is 0.604. The molecule has 0 bridgehead atoms. The summed E-state index contributed by atoms with van der Waals surface area (Å²) in [6.07, 6.45) is 1.45. The zero-order valence-electron chi connectivity index (χ0n) is 16.2. The number of amides is 2. The molecule has 0 unspecified atom stereocenters. The molecule has 0 radical (unpaired) electrons.